The fourth-order valence-corrected chi connectivity index (χ4v) is 3.99. The molecule has 1 unspecified atom stereocenters. The monoisotopic (exact) mass is 443 g/mol. The lowest BCUT2D eigenvalue weighted by atomic mass is 10.0. The first kappa shape index (κ1) is 22.9. The number of rotatable bonds is 6. The molecule has 1 N–H and O–H groups in total. The molecule has 1 saturated heterocycles. The van der Waals surface area contributed by atoms with Crippen LogP contribution in [0.1, 0.15) is 30.6 Å². The van der Waals surface area contributed by atoms with E-state index in [4.69, 9.17) is 16.3 Å². The van der Waals surface area contributed by atoms with Crippen molar-refractivity contribution in [2.45, 2.75) is 26.3 Å². The lowest BCUT2D eigenvalue weighted by Gasteiger charge is -2.29. The highest BCUT2D eigenvalue weighted by Gasteiger charge is 2.30. The number of benzene rings is 2. The van der Waals surface area contributed by atoms with Crippen molar-refractivity contribution in [1.82, 2.24) is 10.2 Å². The van der Waals surface area contributed by atoms with E-state index in [0.717, 1.165) is 30.9 Å². The van der Waals surface area contributed by atoms with Gasteiger partial charge in [-0.1, -0.05) is 37.6 Å². The van der Waals surface area contributed by atoms with Gasteiger partial charge in [0, 0.05) is 31.9 Å². The molecule has 3 rings (SSSR count). The van der Waals surface area contributed by atoms with Gasteiger partial charge in [0.25, 0.3) is 5.91 Å². The van der Waals surface area contributed by atoms with Gasteiger partial charge >= 0.3 is 0 Å². The molecular weight excluding hydrogens is 414 g/mol. The zero-order valence-corrected chi connectivity index (χ0v) is 19.1. The quantitative estimate of drug-likeness (QED) is 0.736. The predicted octanol–water partition coefficient (Wildman–Crippen LogP) is 3.84. The average molecular weight is 444 g/mol. The largest absolute Gasteiger partial charge is 0.497 e. The Labute approximate surface area is 189 Å². The van der Waals surface area contributed by atoms with Crippen LogP contribution >= 0.6 is 11.6 Å². The van der Waals surface area contributed by atoms with Gasteiger partial charge in [-0.3, -0.25) is 9.59 Å². The topological polar surface area (TPSA) is 61.9 Å². The third-order valence-corrected chi connectivity index (χ3v) is 5.91. The minimum atomic E-state index is -0.601. The summed E-state index contributed by atoms with van der Waals surface area (Å²) in [6, 6.07) is 14.2. The maximum atomic E-state index is 13.3. The maximum absolute atomic E-state index is 13.3. The normalized spacial score (nSPS) is 15.4. The summed E-state index contributed by atoms with van der Waals surface area (Å²) in [5, 5.41) is 3.28. The van der Waals surface area contributed by atoms with Crippen LogP contribution in [0.2, 0.25) is 5.02 Å². The molecule has 6 nitrogen and oxygen atoms in total. The summed E-state index contributed by atoms with van der Waals surface area (Å²) in [4.78, 5) is 30.2. The zero-order valence-electron chi connectivity index (χ0n) is 18.3. The number of ether oxygens (including phenoxy) is 1. The molecule has 1 aliphatic rings. The van der Waals surface area contributed by atoms with Crippen molar-refractivity contribution in [3.05, 3.63) is 59.1 Å². The fourth-order valence-electron chi connectivity index (χ4n) is 3.76. The van der Waals surface area contributed by atoms with Gasteiger partial charge in [-0.25, -0.2) is 0 Å². The molecule has 0 spiro atoms. The second kappa shape index (κ2) is 10.5. The molecule has 1 heterocycles. The SMILES string of the molecule is COc1ccc(N2CCCN(C(=O)C(NC(=O)c3ccccc3Cl)C(C)C)CC2)cc1. The van der Waals surface area contributed by atoms with Gasteiger partial charge in [-0.2, -0.15) is 0 Å². The van der Waals surface area contributed by atoms with Crippen molar-refractivity contribution in [1.29, 1.82) is 0 Å². The Hall–Kier alpha value is -2.73. The first-order valence-electron chi connectivity index (χ1n) is 10.6. The molecule has 2 aromatic rings. The number of carbonyl (C=O) groups excluding carboxylic acids is 2. The Morgan fingerprint density at radius 3 is 2.35 bits per heavy atom. The Morgan fingerprint density at radius 2 is 1.71 bits per heavy atom. The number of carbonyl (C=O) groups is 2. The van der Waals surface area contributed by atoms with Crippen LogP contribution in [0.5, 0.6) is 5.75 Å². The van der Waals surface area contributed by atoms with Gasteiger partial charge in [-0.15, -0.1) is 0 Å². The molecule has 0 bridgehead atoms. The third-order valence-electron chi connectivity index (χ3n) is 5.58. The van der Waals surface area contributed by atoms with Gasteiger partial charge in [0.05, 0.1) is 17.7 Å². The van der Waals surface area contributed by atoms with Crippen molar-refractivity contribution in [2.75, 3.05) is 38.2 Å². The molecule has 31 heavy (non-hydrogen) atoms. The molecule has 1 fully saturated rings. The molecule has 7 heteroatoms. The maximum Gasteiger partial charge on any atom is 0.253 e. The third kappa shape index (κ3) is 5.70. The van der Waals surface area contributed by atoms with Crippen LogP contribution in [0.25, 0.3) is 0 Å². The van der Waals surface area contributed by atoms with Crippen LogP contribution in [0.4, 0.5) is 5.69 Å². The van der Waals surface area contributed by atoms with E-state index in [-0.39, 0.29) is 17.7 Å². The highest BCUT2D eigenvalue weighted by atomic mass is 35.5. The number of nitrogens with one attached hydrogen (secondary N) is 1. The van der Waals surface area contributed by atoms with E-state index in [0.29, 0.717) is 23.7 Å². The van der Waals surface area contributed by atoms with Gasteiger partial charge in [0.1, 0.15) is 11.8 Å². The first-order valence-corrected chi connectivity index (χ1v) is 11.0. The van der Waals surface area contributed by atoms with Crippen LogP contribution in [0, 0.1) is 5.92 Å². The number of anilines is 1. The molecule has 0 aliphatic carbocycles. The predicted molar refractivity (Wildman–Crippen MR) is 124 cm³/mol. The summed E-state index contributed by atoms with van der Waals surface area (Å²) >= 11 is 6.16. The fraction of sp³-hybridized carbons (Fsp3) is 0.417. The van der Waals surface area contributed by atoms with E-state index in [9.17, 15) is 9.59 Å². The van der Waals surface area contributed by atoms with Crippen molar-refractivity contribution in [3.63, 3.8) is 0 Å². The van der Waals surface area contributed by atoms with Crippen molar-refractivity contribution in [3.8, 4) is 5.75 Å². The summed E-state index contributed by atoms with van der Waals surface area (Å²) in [7, 11) is 1.65. The lowest BCUT2D eigenvalue weighted by Crippen LogP contribution is -2.52. The molecule has 0 radical (unpaired) electrons. The van der Waals surface area contributed by atoms with Crippen molar-refractivity contribution >= 4 is 29.1 Å². The van der Waals surface area contributed by atoms with Crippen LogP contribution in [-0.2, 0) is 4.79 Å². The highest BCUT2D eigenvalue weighted by Crippen LogP contribution is 2.21. The van der Waals surface area contributed by atoms with E-state index in [1.165, 1.54) is 0 Å². The van der Waals surface area contributed by atoms with Gasteiger partial charge in [0.15, 0.2) is 0 Å². The smallest absolute Gasteiger partial charge is 0.253 e. The van der Waals surface area contributed by atoms with E-state index in [1.54, 1.807) is 31.4 Å². The Bertz CT molecular complexity index is 901. The number of halogens is 1. The lowest BCUT2D eigenvalue weighted by molar-refractivity contribution is -0.134. The Morgan fingerprint density at radius 1 is 1.00 bits per heavy atom. The molecule has 2 aromatic carbocycles. The van der Waals surface area contributed by atoms with Crippen molar-refractivity contribution < 1.29 is 14.3 Å². The zero-order chi connectivity index (χ0) is 22.4. The van der Waals surface area contributed by atoms with Crippen LogP contribution in [0.15, 0.2) is 48.5 Å². The minimum Gasteiger partial charge on any atom is -0.497 e. The Kier molecular flexibility index (Phi) is 7.80. The van der Waals surface area contributed by atoms with Gasteiger partial charge < -0.3 is 19.9 Å². The average Bonchev–Trinajstić information content (AvgIpc) is 3.03. The van der Waals surface area contributed by atoms with Crippen LogP contribution in [0.3, 0.4) is 0 Å². The van der Waals surface area contributed by atoms with Gasteiger partial charge in [-0.05, 0) is 48.7 Å². The Balaban J connectivity index is 1.66. The van der Waals surface area contributed by atoms with Crippen LogP contribution in [-0.4, -0.2) is 56.0 Å². The molecule has 1 aliphatic heterocycles. The summed E-state index contributed by atoms with van der Waals surface area (Å²) < 4.78 is 5.24. The number of nitrogens with zero attached hydrogens (tertiary/aromatic N) is 2. The van der Waals surface area contributed by atoms with E-state index in [2.05, 4.69) is 10.2 Å². The molecular formula is C24H30ClN3O3. The van der Waals surface area contributed by atoms with E-state index < -0.39 is 6.04 Å². The van der Waals surface area contributed by atoms with E-state index >= 15 is 0 Å². The minimum absolute atomic E-state index is 0.0418. The summed E-state index contributed by atoms with van der Waals surface area (Å²) in [6.07, 6.45) is 0.862. The number of amides is 2. The van der Waals surface area contributed by atoms with Crippen molar-refractivity contribution in [2.24, 2.45) is 5.92 Å². The second-order valence-electron chi connectivity index (χ2n) is 8.04. The molecule has 166 valence electrons. The number of hydrogen-bond acceptors (Lipinski definition) is 4. The second-order valence-corrected chi connectivity index (χ2v) is 8.45. The summed E-state index contributed by atoms with van der Waals surface area (Å²) in [5.74, 6) is 0.406. The molecule has 1 atom stereocenters. The molecule has 0 saturated carbocycles. The standard InChI is InChI=1S/C24H30ClN3O3/c1-17(2)22(26-23(29)20-7-4-5-8-21(20)25)24(30)28-14-6-13-27(15-16-28)18-9-11-19(31-3)12-10-18/h4-5,7-12,17,22H,6,13-16H2,1-3H3,(H,26,29). The number of methoxy groups -OCH3 is 1. The summed E-state index contributed by atoms with van der Waals surface area (Å²) in [5.41, 5.74) is 1.49. The number of hydrogen-bond donors (Lipinski definition) is 1. The highest BCUT2D eigenvalue weighted by molar-refractivity contribution is 6.33. The van der Waals surface area contributed by atoms with Crippen LogP contribution < -0.4 is 15.0 Å². The first-order chi connectivity index (χ1) is 14.9. The van der Waals surface area contributed by atoms with E-state index in [1.807, 2.05) is 43.0 Å². The molecule has 2 amide bonds. The van der Waals surface area contributed by atoms with Gasteiger partial charge in [0.2, 0.25) is 5.91 Å². The summed E-state index contributed by atoms with van der Waals surface area (Å²) in [6.45, 7) is 6.76. The molecule has 0 aromatic heterocycles.